The Balaban J connectivity index is 1.78. The van der Waals surface area contributed by atoms with Crippen molar-refractivity contribution in [2.45, 2.75) is 19.6 Å². The van der Waals surface area contributed by atoms with Gasteiger partial charge in [0.25, 0.3) is 0 Å². The molecule has 1 unspecified atom stereocenters. The minimum absolute atomic E-state index is 0.223. The molecule has 0 radical (unpaired) electrons. The Bertz CT molecular complexity index is 674. The Morgan fingerprint density at radius 1 is 1.08 bits per heavy atom. The van der Waals surface area contributed by atoms with Crippen LogP contribution in [0.15, 0.2) is 53.5 Å². The van der Waals surface area contributed by atoms with E-state index in [9.17, 15) is 8.78 Å². The molecule has 0 saturated carbocycles. The lowest BCUT2D eigenvalue weighted by Gasteiger charge is -2.18. The van der Waals surface area contributed by atoms with E-state index in [1.54, 1.807) is 37.4 Å². The van der Waals surface area contributed by atoms with Gasteiger partial charge in [-0.2, -0.15) is 0 Å². The molecule has 1 atom stereocenters. The topological polar surface area (TPSA) is 45.7 Å². The second-order valence-corrected chi connectivity index (χ2v) is 5.29. The number of aliphatic imine (C=N–C) groups is 1. The second kappa shape index (κ2) is 8.86. The van der Waals surface area contributed by atoms with Gasteiger partial charge in [-0.05, 0) is 36.8 Å². The number of ether oxygens (including phenoxy) is 1. The molecule has 2 aromatic carbocycles. The first-order valence-corrected chi connectivity index (χ1v) is 7.68. The van der Waals surface area contributed by atoms with E-state index in [0.29, 0.717) is 19.0 Å². The molecule has 0 amide bonds. The van der Waals surface area contributed by atoms with Crippen molar-refractivity contribution in [1.29, 1.82) is 0 Å². The molecule has 0 saturated heterocycles. The Morgan fingerprint density at radius 3 is 2.46 bits per heavy atom. The lowest BCUT2D eigenvalue weighted by Crippen LogP contribution is -2.41. The predicted molar refractivity (Wildman–Crippen MR) is 91.1 cm³/mol. The summed E-state index contributed by atoms with van der Waals surface area (Å²) >= 11 is 0. The number of guanidine groups is 1. The van der Waals surface area contributed by atoms with Crippen LogP contribution in [0.3, 0.4) is 0 Å². The minimum Gasteiger partial charge on any atom is -0.486 e. The maximum atomic E-state index is 13.5. The monoisotopic (exact) mass is 333 g/mol. The van der Waals surface area contributed by atoms with Crippen LogP contribution in [0.5, 0.6) is 5.75 Å². The van der Waals surface area contributed by atoms with E-state index >= 15 is 0 Å². The van der Waals surface area contributed by atoms with Gasteiger partial charge in [0.05, 0.1) is 6.54 Å². The third kappa shape index (κ3) is 5.53. The van der Waals surface area contributed by atoms with Crippen LogP contribution in [0.4, 0.5) is 8.78 Å². The summed E-state index contributed by atoms with van der Waals surface area (Å²) < 4.78 is 32.0. The van der Waals surface area contributed by atoms with Crippen LogP contribution in [0, 0.1) is 11.6 Å². The van der Waals surface area contributed by atoms with Gasteiger partial charge in [0, 0.05) is 13.6 Å². The van der Waals surface area contributed by atoms with Crippen LogP contribution in [0.1, 0.15) is 12.5 Å². The summed E-state index contributed by atoms with van der Waals surface area (Å²) in [6, 6.07) is 12.5. The van der Waals surface area contributed by atoms with Crippen molar-refractivity contribution >= 4 is 5.96 Å². The number of halogens is 2. The van der Waals surface area contributed by atoms with Gasteiger partial charge >= 0.3 is 0 Å². The normalized spacial score (nSPS) is 12.6. The molecule has 0 aliphatic carbocycles. The lowest BCUT2D eigenvalue weighted by molar-refractivity contribution is 0.214. The summed E-state index contributed by atoms with van der Waals surface area (Å²) in [7, 11) is 1.66. The first-order valence-electron chi connectivity index (χ1n) is 7.68. The molecule has 0 aliphatic rings. The average molecular weight is 333 g/mol. The molecule has 4 nitrogen and oxygen atoms in total. The van der Waals surface area contributed by atoms with Gasteiger partial charge in [-0.3, -0.25) is 4.99 Å². The van der Waals surface area contributed by atoms with Crippen molar-refractivity contribution in [1.82, 2.24) is 10.6 Å². The van der Waals surface area contributed by atoms with Gasteiger partial charge in [-0.1, -0.05) is 24.3 Å². The van der Waals surface area contributed by atoms with Crippen molar-refractivity contribution in [3.05, 3.63) is 65.7 Å². The summed E-state index contributed by atoms with van der Waals surface area (Å²) in [5.74, 6) is 0.160. The van der Waals surface area contributed by atoms with Crippen molar-refractivity contribution in [2.24, 2.45) is 4.99 Å². The molecule has 6 heteroatoms. The van der Waals surface area contributed by atoms with Crippen LogP contribution in [0.25, 0.3) is 0 Å². The lowest BCUT2D eigenvalue weighted by atomic mass is 10.2. The molecular formula is C18H21F2N3O. The highest BCUT2D eigenvalue weighted by Crippen LogP contribution is 2.16. The molecule has 0 aromatic heterocycles. The van der Waals surface area contributed by atoms with E-state index in [2.05, 4.69) is 15.6 Å². The van der Waals surface area contributed by atoms with Crippen LogP contribution in [0.2, 0.25) is 0 Å². The van der Waals surface area contributed by atoms with Crippen LogP contribution in [-0.2, 0) is 6.54 Å². The third-order valence-corrected chi connectivity index (χ3v) is 3.32. The van der Waals surface area contributed by atoms with E-state index in [4.69, 9.17) is 4.74 Å². The highest BCUT2D eigenvalue weighted by molar-refractivity contribution is 5.79. The number of rotatable bonds is 6. The number of hydrogen-bond donors (Lipinski definition) is 2. The zero-order valence-corrected chi connectivity index (χ0v) is 13.7. The molecular weight excluding hydrogens is 312 g/mol. The Morgan fingerprint density at radius 2 is 1.79 bits per heavy atom. The molecule has 2 N–H and O–H groups in total. The van der Waals surface area contributed by atoms with Crippen LogP contribution >= 0.6 is 0 Å². The highest BCUT2D eigenvalue weighted by Gasteiger charge is 2.08. The Kier molecular flexibility index (Phi) is 6.54. The summed E-state index contributed by atoms with van der Waals surface area (Å²) in [5.41, 5.74) is 0.940. The van der Waals surface area contributed by atoms with Crippen molar-refractivity contribution in [2.75, 3.05) is 13.6 Å². The van der Waals surface area contributed by atoms with Crippen molar-refractivity contribution in [3.63, 3.8) is 0 Å². The zero-order chi connectivity index (χ0) is 17.4. The predicted octanol–water partition coefficient (Wildman–Crippen LogP) is 3.10. The summed E-state index contributed by atoms with van der Waals surface area (Å²) in [6.45, 7) is 2.81. The van der Waals surface area contributed by atoms with Gasteiger partial charge in [0.2, 0.25) is 0 Å². The van der Waals surface area contributed by atoms with E-state index in [1.807, 2.05) is 6.92 Å². The van der Waals surface area contributed by atoms with E-state index in [0.717, 1.165) is 5.56 Å². The number of nitrogens with one attached hydrogen (secondary N) is 2. The van der Waals surface area contributed by atoms with Gasteiger partial charge < -0.3 is 15.4 Å². The first-order chi connectivity index (χ1) is 11.6. The van der Waals surface area contributed by atoms with E-state index < -0.39 is 0 Å². The molecule has 0 heterocycles. The van der Waals surface area contributed by atoms with Gasteiger partial charge in [-0.15, -0.1) is 0 Å². The minimum atomic E-state index is -0.386. The fraction of sp³-hybridized carbons (Fsp3) is 0.278. The van der Waals surface area contributed by atoms with Gasteiger partial charge in [0.15, 0.2) is 17.5 Å². The number of hydrogen-bond acceptors (Lipinski definition) is 2. The molecule has 2 aromatic rings. The average Bonchev–Trinajstić information content (AvgIpc) is 2.58. The molecule has 0 spiro atoms. The molecule has 0 bridgehead atoms. The van der Waals surface area contributed by atoms with Crippen LogP contribution < -0.4 is 15.4 Å². The fourth-order valence-corrected chi connectivity index (χ4v) is 2.05. The van der Waals surface area contributed by atoms with Gasteiger partial charge in [-0.25, -0.2) is 8.78 Å². The number of benzene rings is 2. The standard InChI is InChI=1S/C18H21F2N3O/c1-13(24-17-6-4-3-5-16(17)20)11-22-18(21-2)23-12-14-7-9-15(19)10-8-14/h3-10,13H,11-12H2,1-2H3,(H2,21,22,23). The zero-order valence-electron chi connectivity index (χ0n) is 13.7. The summed E-state index contributed by atoms with van der Waals surface area (Å²) in [5, 5.41) is 6.23. The third-order valence-electron chi connectivity index (χ3n) is 3.32. The summed E-state index contributed by atoms with van der Waals surface area (Å²) in [6.07, 6.45) is -0.244. The first kappa shape index (κ1) is 17.7. The smallest absolute Gasteiger partial charge is 0.191 e. The Hall–Kier alpha value is -2.63. The Labute approximate surface area is 140 Å². The second-order valence-electron chi connectivity index (χ2n) is 5.29. The van der Waals surface area contributed by atoms with Gasteiger partial charge in [0.1, 0.15) is 11.9 Å². The van der Waals surface area contributed by atoms with E-state index in [1.165, 1.54) is 18.2 Å². The highest BCUT2D eigenvalue weighted by atomic mass is 19.1. The molecule has 0 fully saturated rings. The molecule has 24 heavy (non-hydrogen) atoms. The molecule has 128 valence electrons. The van der Waals surface area contributed by atoms with Crippen molar-refractivity contribution < 1.29 is 13.5 Å². The SMILES string of the molecule is CN=C(NCc1ccc(F)cc1)NCC(C)Oc1ccccc1F. The van der Waals surface area contributed by atoms with Crippen molar-refractivity contribution in [3.8, 4) is 5.75 Å². The largest absolute Gasteiger partial charge is 0.486 e. The maximum absolute atomic E-state index is 13.5. The molecule has 0 aliphatic heterocycles. The fourth-order valence-electron chi connectivity index (χ4n) is 2.05. The number of nitrogens with zero attached hydrogens (tertiary/aromatic N) is 1. The van der Waals surface area contributed by atoms with Crippen LogP contribution in [-0.4, -0.2) is 25.7 Å². The maximum Gasteiger partial charge on any atom is 0.191 e. The summed E-state index contributed by atoms with van der Waals surface area (Å²) in [4.78, 5) is 4.11. The quantitative estimate of drug-likeness (QED) is 0.631. The number of para-hydroxylation sites is 1. The molecule has 2 rings (SSSR count). The van der Waals surface area contributed by atoms with E-state index in [-0.39, 0.29) is 23.5 Å².